The van der Waals surface area contributed by atoms with E-state index in [1.165, 1.54) is 15.9 Å². The van der Waals surface area contributed by atoms with E-state index in [9.17, 15) is 14.0 Å². The van der Waals surface area contributed by atoms with E-state index in [0.29, 0.717) is 18.5 Å². The molecule has 0 saturated carbocycles. The lowest BCUT2D eigenvalue weighted by molar-refractivity contribution is -0.141. The van der Waals surface area contributed by atoms with Gasteiger partial charge in [0, 0.05) is 32.2 Å². The van der Waals surface area contributed by atoms with Crippen molar-refractivity contribution in [3.63, 3.8) is 0 Å². The number of hydrogen-bond donors (Lipinski definition) is 1. The van der Waals surface area contributed by atoms with Crippen molar-refractivity contribution in [1.29, 1.82) is 0 Å². The Balaban J connectivity index is 1.96. The van der Waals surface area contributed by atoms with Gasteiger partial charge in [0.05, 0.1) is 5.92 Å². The van der Waals surface area contributed by atoms with Crippen LogP contribution in [0.2, 0.25) is 0 Å². The smallest absolute Gasteiger partial charge is 0.320 e. The van der Waals surface area contributed by atoms with Crippen LogP contribution in [0.3, 0.4) is 0 Å². The average Bonchev–Trinajstić information content (AvgIpc) is 2.90. The SMILES string of the molecule is CN(Cc1ccccc1F)C(=O)N1CCC(C(=O)O)C1. The number of carboxylic acid groups (broad SMARTS) is 1. The lowest BCUT2D eigenvalue weighted by Gasteiger charge is -2.24. The van der Waals surface area contributed by atoms with Gasteiger partial charge in [0.15, 0.2) is 0 Å². The Morgan fingerprint density at radius 3 is 2.75 bits per heavy atom. The van der Waals surface area contributed by atoms with Gasteiger partial charge >= 0.3 is 12.0 Å². The Labute approximate surface area is 116 Å². The van der Waals surface area contributed by atoms with Crippen molar-refractivity contribution in [2.75, 3.05) is 20.1 Å². The quantitative estimate of drug-likeness (QED) is 0.918. The van der Waals surface area contributed by atoms with E-state index in [2.05, 4.69) is 0 Å². The maximum Gasteiger partial charge on any atom is 0.320 e. The highest BCUT2D eigenvalue weighted by molar-refractivity contribution is 5.77. The Morgan fingerprint density at radius 1 is 1.45 bits per heavy atom. The number of urea groups is 1. The van der Waals surface area contributed by atoms with Gasteiger partial charge in [0.2, 0.25) is 0 Å². The second kappa shape index (κ2) is 5.90. The summed E-state index contributed by atoms with van der Waals surface area (Å²) in [5.41, 5.74) is 0.442. The first-order valence-corrected chi connectivity index (χ1v) is 6.45. The Morgan fingerprint density at radius 2 is 2.15 bits per heavy atom. The first kappa shape index (κ1) is 14.3. The summed E-state index contributed by atoms with van der Waals surface area (Å²) in [7, 11) is 1.59. The van der Waals surface area contributed by atoms with Gasteiger partial charge in [0.25, 0.3) is 0 Å². The lowest BCUT2D eigenvalue weighted by Crippen LogP contribution is -2.40. The molecule has 1 unspecified atom stereocenters. The van der Waals surface area contributed by atoms with Crippen molar-refractivity contribution in [2.45, 2.75) is 13.0 Å². The van der Waals surface area contributed by atoms with Crippen LogP contribution in [-0.2, 0) is 11.3 Å². The molecule has 5 nitrogen and oxygen atoms in total. The van der Waals surface area contributed by atoms with E-state index in [1.807, 2.05) is 0 Å². The van der Waals surface area contributed by atoms with Crippen molar-refractivity contribution in [3.05, 3.63) is 35.6 Å². The molecule has 1 N–H and O–H groups in total. The van der Waals surface area contributed by atoms with Crippen molar-refractivity contribution < 1.29 is 19.1 Å². The molecule has 20 heavy (non-hydrogen) atoms. The van der Waals surface area contributed by atoms with Crippen LogP contribution in [0.5, 0.6) is 0 Å². The molecule has 1 aliphatic rings. The summed E-state index contributed by atoms with van der Waals surface area (Å²) in [4.78, 5) is 25.9. The van der Waals surface area contributed by atoms with Gasteiger partial charge < -0.3 is 14.9 Å². The lowest BCUT2D eigenvalue weighted by atomic mass is 10.1. The van der Waals surface area contributed by atoms with Gasteiger partial charge in [0.1, 0.15) is 5.82 Å². The fourth-order valence-electron chi connectivity index (χ4n) is 2.33. The van der Waals surface area contributed by atoms with Gasteiger partial charge in [-0.3, -0.25) is 4.79 Å². The second-order valence-corrected chi connectivity index (χ2v) is 5.00. The number of carboxylic acids is 1. The van der Waals surface area contributed by atoms with Gasteiger partial charge in [-0.15, -0.1) is 0 Å². The summed E-state index contributed by atoms with van der Waals surface area (Å²) in [6, 6.07) is 6.02. The molecule has 108 valence electrons. The van der Waals surface area contributed by atoms with Gasteiger partial charge in [-0.1, -0.05) is 18.2 Å². The van der Waals surface area contributed by atoms with Gasteiger partial charge in [-0.2, -0.15) is 0 Å². The second-order valence-electron chi connectivity index (χ2n) is 5.00. The van der Waals surface area contributed by atoms with Crippen LogP contribution >= 0.6 is 0 Å². The molecule has 1 fully saturated rings. The van der Waals surface area contributed by atoms with Crippen LogP contribution in [0.1, 0.15) is 12.0 Å². The third-order valence-electron chi connectivity index (χ3n) is 3.50. The standard InChI is InChI=1S/C14H17FN2O3/c1-16(8-10-4-2-3-5-12(10)15)14(20)17-7-6-11(9-17)13(18)19/h2-5,11H,6-9H2,1H3,(H,18,19). The zero-order chi connectivity index (χ0) is 14.7. The molecule has 1 aromatic carbocycles. The zero-order valence-corrected chi connectivity index (χ0v) is 11.3. The topological polar surface area (TPSA) is 60.9 Å². The number of likely N-dealkylation sites (tertiary alicyclic amines) is 1. The largest absolute Gasteiger partial charge is 0.481 e. The summed E-state index contributed by atoms with van der Waals surface area (Å²) >= 11 is 0. The van der Waals surface area contributed by atoms with E-state index in [0.717, 1.165) is 0 Å². The predicted molar refractivity (Wildman–Crippen MR) is 70.6 cm³/mol. The first-order valence-electron chi connectivity index (χ1n) is 6.45. The van der Waals surface area contributed by atoms with Crippen molar-refractivity contribution >= 4 is 12.0 Å². The molecule has 0 aliphatic carbocycles. The molecule has 0 radical (unpaired) electrons. The number of carbonyl (C=O) groups excluding carboxylic acids is 1. The molecule has 2 amide bonds. The van der Waals surface area contributed by atoms with Crippen LogP contribution in [0, 0.1) is 11.7 Å². The molecular weight excluding hydrogens is 263 g/mol. The van der Waals surface area contributed by atoms with Crippen LogP contribution in [0.25, 0.3) is 0 Å². The molecule has 1 atom stereocenters. The maximum atomic E-state index is 13.5. The first-order chi connectivity index (χ1) is 9.49. The summed E-state index contributed by atoms with van der Waals surface area (Å²) < 4.78 is 13.5. The number of halogens is 1. The zero-order valence-electron chi connectivity index (χ0n) is 11.3. The number of hydrogen-bond acceptors (Lipinski definition) is 2. The number of benzene rings is 1. The number of carbonyl (C=O) groups is 2. The van der Waals surface area contributed by atoms with Crippen molar-refractivity contribution in [1.82, 2.24) is 9.80 Å². The molecule has 1 aromatic rings. The molecule has 2 rings (SSSR count). The van der Waals surface area contributed by atoms with Crippen LogP contribution in [0.4, 0.5) is 9.18 Å². The Kier molecular flexibility index (Phi) is 4.22. The molecular formula is C14H17FN2O3. The number of nitrogens with zero attached hydrogens (tertiary/aromatic N) is 2. The fraction of sp³-hybridized carbons (Fsp3) is 0.429. The number of aliphatic carboxylic acids is 1. The molecule has 1 aliphatic heterocycles. The molecule has 0 aromatic heterocycles. The third-order valence-corrected chi connectivity index (χ3v) is 3.50. The maximum absolute atomic E-state index is 13.5. The average molecular weight is 280 g/mol. The van der Waals surface area contributed by atoms with Crippen molar-refractivity contribution in [2.24, 2.45) is 5.92 Å². The summed E-state index contributed by atoms with van der Waals surface area (Å²) in [5, 5.41) is 8.92. The van der Waals surface area contributed by atoms with E-state index < -0.39 is 11.9 Å². The van der Waals surface area contributed by atoms with Crippen LogP contribution < -0.4 is 0 Å². The third kappa shape index (κ3) is 3.07. The minimum Gasteiger partial charge on any atom is -0.481 e. The van der Waals surface area contributed by atoms with Crippen molar-refractivity contribution in [3.8, 4) is 0 Å². The molecule has 6 heteroatoms. The van der Waals surface area contributed by atoms with E-state index in [-0.39, 0.29) is 24.9 Å². The number of amides is 2. The predicted octanol–water partition coefficient (Wildman–Crippen LogP) is 1.78. The Hall–Kier alpha value is -2.11. The molecule has 1 heterocycles. The molecule has 0 bridgehead atoms. The minimum atomic E-state index is -0.878. The van der Waals surface area contributed by atoms with Crippen LogP contribution in [0.15, 0.2) is 24.3 Å². The fourth-order valence-corrected chi connectivity index (χ4v) is 2.33. The monoisotopic (exact) mass is 280 g/mol. The molecule has 0 spiro atoms. The summed E-state index contributed by atoms with van der Waals surface area (Å²) in [5.74, 6) is -1.73. The number of rotatable bonds is 3. The van der Waals surface area contributed by atoms with E-state index in [1.54, 1.807) is 25.2 Å². The Bertz CT molecular complexity index is 521. The van der Waals surface area contributed by atoms with Gasteiger partial charge in [-0.05, 0) is 12.5 Å². The highest BCUT2D eigenvalue weighted by atomic mass is 19.1. The van der Waals surface area contributed by atoms with Gasteiger partial charge in [-0.25, -0.2) is 9.18 Å². The van der Waals surface area contributed by atoms with E-state index >= 15 is 0 Å². The van der Waals surface area contributed by atoms with Crippen LogP contribution in [-0.4, -0.2) is 47.0 Å². The normalized spacial score (nSPS) is 18.1. The van der Waals surface area contributed by atoms with E-state index in [4.69, 9.17) is 5.11 Å². The summed E-state index contributed by atoms with van der Waals surface area (Å²) in [6.07, 6.45) is 0.467. The summed E-state index contributed by atoms with van der Waals surface area (Å²) in [6.45, 7) is 0.812. The highest BCUT2D eigenvalue weighted by Gasteiger charge is 2.32. The minimum absolute atomic E-state index is 0.166. The highest BCUT2D eigenvalue weighted by Crippen LogP contribution is 2.18. The molecule has 1 saturated heterocycles.